The molecule has 4 heterocycles. The van der Waals surface area contributed by atoms with Crippen LogP contribution in [0.3, 0.4) is 0 Å². The van der Waals surface area contributed by atoms with E-state index in [2.05, 4.69) is 15.6 Å². The van der Waals surface area contributed by atoms with Crippen molar-refractivity contribution in [2.75, 3.05) is 0 Å². The Balaban J connectivity index is 0.000000162. The highest BCUT2D eigenvalue weighted by atomic mass is 16.6. The maximum Gasteiger partial charge on any atom is 0.418 e. The number of ether oxygens (including phenoxy) is 1. The van der Waals surface area contributed by atoms with Crippen LogP contribution in [0.4, 0.5) is 4.79 Å². The Morgan fingerprint density at radius 3 is 2.03 bits per heavy atom. The number of carbonyl (C=O) groups is 3. The summed E-state index contributed by atoms with van der Waals surface area (Å²) >= 11 is 0. The molecule has 4 aromatic rings. The predicted molar refractivity (Wildman–Crippen MR) is 140 cm³/mol. The average Bonchev–Trinajstić information content (AvgIpc) is 3.66. The van der Waals surface area contributed by atoms with Crippen molar-refractivity contribution in [3.63, 3.8) is 0 Å². The van der Waals surface area contributed by atoms with E-state index in [-0.39, 0.29) is 11.8 Å². The molecule has 188 valence electrons. The van der Waals surface area contributed by atoms with Gasteiger partial charge < -0.3 is 20.4 Å². The zero-order chi connectivity index (χ0) is 26.2. The number of fused-ring (bicyclic) bond motifs is 2. The van der Waals surface area contributed by atoms with Crippen molar-refractivity contribution < 1.29 is 19.1 Å². The standard InChI is InChI=1S/C17H18N2O3.C12H10N2O/c1-17(2,3)22-16(21)19-9-5-8-13(19)12-7-4-6-11-10-18-15(20)14(11)12;15-12-11-8(7-14-12)3-1-4-9(11)10-5-2-6-13-10/h4-9H,10H2,1-3H3,(H,18,20);1-6,13H,7H2,(H,14,15). The Labute approximate surface area is 214 Å². The minimum atomic E-state index is -0.575. The van der Waals surface area contributed by atoms with Gasteiger partial charge in [0.25, 0.3) is 11.8 Å². The zero-order valence-corrected chi connectivity index (χ0v) is 20.9. The number of rotatable bonds is 2. The molecule has 0 aliphatic carbocycles. The highest BCUT2D eigenvalue weighted by Gasteiger charge is 2.26. The minimum Gasteiger partial charge on any atom is -0.443 e. The summed E-state index contributed by atoms with van der Waals surface area (Å²) in [5, 5.41) is 5.64. The van der Waals surface area contributed by atoms with Crippen molar-refractivity contribution in [2.45, 2.75) is 39.5 Å². The summed E-state index contributed by atoms with van der Waals surface area (Å²) in [4.78, 5) is 39.2. The molecule has 0 spiro atoms. The third-order valence-corrected chi connectivity index (χ3v) is 6.14. The minimum absolute atomic E-state index is 0.0233. The lowest BCUT2D eigenvalue weighted by molar-refractivity contribution is 0.0539. The highest BCUT2D eigenvalue weighted by molar-refractivity contribution is 6.05. The lowest BCUT2D eigenvalue weighted by Crippen LogP contribution is -2.27. The number of hydrogen-bond acceptors (Lipinski definition) is 4. The van der Waals surface area contributed by atoms with Crippen LogP contribution in [0.15, 0.2) is 73.1 Å². The third-order valence-electron chi connectivity index (χ3n) is 6.14. The lowest BCUT2D eigenvalue weighted by atomic mass is 10.0. The topological polar surface area (TPSA) is 105 Å². The summed E-state index contributed by atoms with van der Waals surface area (Å²) in [5.74, 6) is -0.0854. The molecule has 2 aromatic heterocycles. The molecule has 0 saturated heterocycles. The Bertz CT molecular complexity index is 1490. The van der Waals surface area contributed by atoms with E-state index in [4.69, 9.17) is 4.74 Å². The first-order valence-electron chi connectivity index (χ1n) is 12.1. The highest BCUT2D eigenvalue weighted by Crippen LogP contribution is 2.30. The molecular formula is C29H28N4O4. The molecule has 8 heteroatoms. The van der Waals surface area contributed by atoms with Crippen molar-refractivity contribution in [3.05, 3.63) is 95.3 Å². The van der Waals surface area contributed by atoms with Crippen LogP contribution in [0.2, 0.25) is 0 Å². The van der Waals surface area contributed by atoms with Crippen molar-refractivity contribution in [1.82, 2.24) is 20.2 Å². The molecule has 3 N–H and O–H groups in total. The van der Waals surface area contributed by atoms with Gasteiger partial charge in [0.15, 0.2) is 0 Å². The molecule has 0 radical (unpaired) electrons. The van der Waals surface area contributed by atoms with E-state index in [1.54, 1.807) is 12.3 Å². The van der Waals surface area contributed by atoms with Crippen LogP contribution < -0.4 is 10.6 Å². The largest absolute Gasteiger partial charge is 0.443 e. The number of hydrogen-bond donors (Lipinski definition) is 3. The van der Waals surface area contributed by atoms with Crippen molar-refractivity contribution in [1.29, 1.82) is 0 Å². The quantitative estimate of drug-likeness (QED) is 0.359. The van der Waals surface area contributed by atoms with Crippen molar-refractivity contribution >= 4 is 17.9 Å². The number of benzene rings is 2. The van der Waals surface area contributed by atoms with Crippen LogP contribution in [0, 0.1) is 0 Å². The van der Waals surface area contributed by atoms with Gasteiger partial charge in [-0.1, -0.05) is 36.4 Å². The first kappa shape index (κ1) is 24.1. The third kappa shape index (κ3) is 4.78. The van der Waals surface area contributed by atoms with E-state index in [1.807, 2.05) is 81.6 Å². The van der Waals surface area contributed by atoms with Gasteiger partial charge in [0, 0.05) is 42.3 Å². The summed E-state index contributed by atoms with van der Waals surface area (Å²) in [6, 6.07) is 19.1. The number of nitrogens with zero attached hydrogens (tertiary/aromatic N) is 1. The van der Waals surface area contributed by atoms with Crippen LogP contribution in [0.1, 0.15) is 52.6 Å². The van der Waals surface area contributed by atoms with E-state index in [1.165, 1.54) is 4.57 Å². The zero-order valence-electron chi connectivity index (χ0n) is 20.9. The summed E-state index contributed by atoms with van der Waals surface area (Å²) in [5.41, 5.74) is 6.25. The predicted octanol–water partition coefficient (Wildman–Crippen LogP) is 5.11. The summed E-state index contributed by atoms with van der Waals surface area (Å²) in [7, 11) is 0. The fraction of sp³-hybridized carbons (Fsp3) is 0.207. The summed E-state index contributed by atoms with van der Waals surface area (Å²) in [6.07, 6.45) is 3.06. The molecular weight excluding hydrogens is 468 g/mol. The normalized spacial score (nSPS) is 13.7. The molecule has 0 unspecified atom stereocenters. The summed E-state index contributed by atoms with van der Waals surface area (Å²) in [6.45, 7) is 6.63. The van der Waals surface area contributed by atoms with Gasteiger partial charge in [-0.05, 0) is 56.2 Å². The first-order valence-corrected chi connectivity index (χ1v) is 12.1. The molecule has 0 saturated carbocycles. The van der Waals surface area contributed by atoms with E-state index in [9.17, 15) is 14.4 Å². The van der Waals surface area contributed by atoms with E-state index in [0.717, 1.165) is 33.5 Å². The maximum atomic E-state index is 12.3. The van der Waals surface area contributed by atoms with Gasteiger partial charge in [0.05, 0.1) is 16.8 Å². The van der Waals surface area contributed by atoms with Gasteiger partial charge in [-0.3, -0.25) is 14.2 Å². The Hall–Kier alpha value is -4.59. The number of H-pyrrole nitrogens is 1. The van der Waals surface area contributed by atoms with E-state index in [0.29, 0.717) is 24.3 Å². The average molecular weight is 497 g/mol. The number of amides is 2. The molecule has 0 atom stereocenters. The second-order valence-electron chi connectivity index (χ2n) is 9.87. The van der Waals surface area contributed by atoms with Gasteiger partial charge in [0.1, 0.15) is 5.60 Å². The molecule has 2 amide bonds. The molecule has 0 bridgehead atoms. The van der Waals surface area contributed by atoms with Crippen molar-refractivity contribution in [2.24, 2.45) is 0 Å². The number of aromatic amines is 1. The first-order chi connectivity index (χ1) is 17.7. The number of nitrogens with one attached hydrogen (secondary N) is 3. The smallest absolute Gasteiger partial charge is 0.418 e. The molecule has 0 fully saturated rings. The van der Waals surface area contributed by atoms with Crippen LogP contribution in [0.25, 0.3) is 22.5 Å². The molecule has 2 aliphatic heterocycles. The molecule has 2 aliphatic rings. The van der Waals surface area contributed by atoms with Gasteiger partial charge in [0.2, 0.25) is 0 Å². The van der Waals surface area contributed by atoms with Crippen LogP contribution in [-0.2, 0) is 17.8 Å². The van der Waals surface area contributed by atoms with Crippen LogP contribution in [-0.4, -0.2) is 33.1 Å². The van der Waals surface area contributed by atoms with Gasteiger partial charge >= 0.3 is 6.09 Å². The fourth-order valence-electron chi connectivity index (χ4n) is 4.57. The Morgan fingerprint density at radius 1 is 0.811 bits per heavy atom. The SMILES string of the molecule is CC(C)(C)OC(=O)n1cccc1-c1cccc2c1C(=O)NC2.O=C1NCc2cccc(-c3ccc[nH]3)c21. The fourth-order valence-corrected chi connectivity index (χ4v) is 4.57. The Morgan fingerprint density at radius 2 is 1.43 bits per heavy atom. The van der Waals surface area contributed by atoms with E-state index >= 15 is 0 Å². The lowest BCUT2D eigenvalue weighted by Gasteiger charge is -2.20. The second-order valence-corrected chi connectivity index (χ2v) is 9.87. The molecule has 37 heavy (non-hydrogen) atoms. The second kappa shape index (κ2) is 9.46. The molecule has 6 rings (SSSR count). The number of aromatic nitrogens is 2. The van der Waals surface area contributed by atoms with Crippen LogP contribution >= 0.6 is 0 Å². The molecule has 8 nitrogen and oxygen atoms in total. The Kier molecular flexibility index (Phi) is 6.17. The number of carbonyl (C=O) groups excluding carboxylic acids is 3. The van der Waals surface area contributed by atoms with Gasteiger partial charge in [-0.25, -0.2) is 4.79 Å². The van der Waals surface area contributed by atoms with Gasteiger partial charge in [-0.2, -0.15) is 0 Å². The van der Waals surface area contributed by atoms with Crippen LogP contribution in [0.5, 0.6) is 0 Å². The molecule has 2 aromatic carbocycles. The van der Waals surface area contributed by atoms with E-state index < -0.39 is 11.7 Å². The monoisotopic (exact) mass is 496 g/mol. The van der Waals surface area contributed by atoms with Gasteiger partial charge in [-0.15, -0.1) is 0 Å². The van der Waals surface area contributed by atoms with Crippen molar-refractivity contribution in [3.8, 4) is 22.5 Å². The maximum absolute atomic E-state index is 12.3. The summed E-state index contributed by atoms with van der Waals surface area (Å²) < 4.78 is 6.85.